The number of guanidine groups is 1. The maximum atomic E-state index is 4.63. The summed E-state index contributed by atoms with van der Waals surface area (Å²) in [5.74, 6) is 3.83. The van der Waals surface area contributed by atoms with Crippen LogP contribution in [0.1, 0.15) is 44.3 Å². The van der Waals surface area contributed by atoms with Gasteiger partial charge in [-0.2, -0.15) is 0 Å². The van der Waals surface area contributed by atoms with Crippen molar-refractivity contribution in [1.82, 2.24) is 25.4 Å². The van der Waals surface area contributed by atoms with Crippen molar-refractivity contribution in [2.24, 2.45) is 10.9 Å². The third kappa shape index (κ3) is 2.94. The zero-order valence-corrected chi connectivity index (χ0v) is 12.2. The van der Waals surface area contributed by atoms with E-state index in [1.165, 1.54) is 25.7 Å². The molecule has 1 saturated carbocycles. The molecule has 0 amide bonds. The van der Waals surface area contributed by atoms with Gasteiger partial charge in [-0.15, -0.1) is 10.2 Å². The van der Waals surface area contributed by atoms with Gasteiger partial charge in [-0.05, 0) is 32.1 Å². The Bertz CT molecular complexity index is 474. The number of fused-ring (bicyclic) bond motifs is 1. The van der Waals surface area contributed by atoms with Gasteiger partial charge in [0.05, 0.1) is 0 Å². The highest BCUT2D eigenvalue weighted by molar-refractivity contribution is 5.79. The van der Waals surface area contributed by atoms with Crippen LogP contribution in [0.2, 0.25) is 0 Å². The van der Waals surface area contributed by atoms with E-state index in [0.29, 0.717) is 6.54 Å². The maximum absolute atomic E-state index is 4.63. The van der Waals surface area contributed by atoms with Crippen LogP contribution in [0.15, 0.2) is 4.99 Å². The van der Waals surface area contributed by atoms with Crippen LogP contribution >= 0.6 is 0 Å². The normalized spacial score (nSPS) is 18.8. The van der Waals surface area contributed by atoms with Crippen molar-refractivity contribution in [1.29, 1.82) is 0 Å². The van der Waals surface area contributed by atoms with E-state index in [1.807, 2.05) is 0 Å². The van der Waals surface area contributed by atoms with Gasteiger partial charge < -0.3 is 15.2 Å². The van der Waals surface area contributed by atoms with Crippen LogP contribution in [0.3, 0.4) is 0 Å². The van der Waals surface area contributed by atoms with Gasteiger partial charge in [0.1, 0.15) is 12.4 Å². The topological polar surface area (TPSA) is 67.1 Å². The molecule has 1 aliphatic heterocycles. The number of hydrogen-bond donors (Lipinski definition) is 2. The summed E-state index contributed by atoms with van der Waals surface area (Å²) in [5.41, 5.74) is 0. The second-order valence-corrected chi connectivity index (χ2v) is 5.66. The molecule has 2 heterocycles. The van der Waals surface area contributed by atoms with Gasteiger partial charge in [0, 0.05) is 26.1 Å². The molecule has 110 valence electrons. The molecule has 20 heavy (non-hydrogen) atoms. The zero-order chi connectivity index (χ0) is 13.8. The van der Waals surface area contributed by atoms with Crippen LogP contribution < -0.4 is 10.6 Å². The molecular formula is C14H24N6. The fraction of sp³-hybridized carbons (Fsp3) is 0.786. The second kappa shape index (κ2) is 6.24. The van der Waals surface area contributed by atoms with Gasteiger partial charge in [0.25, 0.3) is 0 Å². The van der Waals surface area contributed by atoms with Crippen LogP contribution in [0.25, 0.3) is 0 Å². The first-order valence-corrected chi connectivity index (χ1v) is 7.80. The lowest BCUT2D eigenvalue weighted by Gasteiger charge is -2.26. The largest absolute Gasteiger partial charge is 0.357 e. The fourth-order valence-corrected chi connectivity index (χ4v) is 2.76. The molecule has 1 aromatic rings. The highest BCUT2D eigenvalue weighted by Gasteiger charge is 2.18. The minimum atomic E-state index is 0.604. The van der Waals surface area contributed by atoms with E-state index >= 15 is 0 Å². The van der Waals surface area contributed by atoms with Crippen molar-refractivity contribution < 1.29 is 0 Å². The van der Waals surface area contributed by atoms with Gasteiger partial charge in [-0.3, -0.25) is 0 Å². The fourth-order valence-electron chi connectivity index (χ4n) is 2.76. The number of nitrogens with one attached hydrogen (secondary N) is 2. The standard InChI is InChI=1S/C14H24N6/c1-2-15-14(16-9-11-5-3-6-11)17-10-13-19-18-12-7-4-8-20(12)13/h11H,2-10H2,1H3,(H2,15,16,17). The molecule has 0 atom stereocenters. The smallest absolute Gasteiger partial charge is 0.191 e. The van der Waals surface area contributed by atoms with Crippen LogP contribution in [0.4, 0.5) is 0 Å². The maximum Gasteiger partial charge on any atom is 0.191 e. The van der Waals surface area contributed by atoms with Gasteiger partial charge in [-0.25, -0.2) is 4.99 Å². The zero-order valence-electron chi connectivity index (χ0n) is 12.2. The quantitative estimate of drug-likeness (QED) is 0.624. The molecule has 0 spiro atoms. The Kier molecular flexibility index (Phi) is 4.18. The molecule has 1 aliphatic carbocycles. The summed E-state index contributed by atoms with van der Waals surface area (Å²) < 4.78 is 2.21. The predicted octanol–water partition coefficient (Wildman–Crippen LogP) is 1.08. The number of rotatable bonds is 5. The second-order valence-electron chi connectivity index (χ2n) is 5.66. The van der Waals surface area contributed by atoms with Crippen molar-refractivity contribution in [2.45, 2.75) is 52.1 Å². The Morgan fingerprint density at radius 1 is 1.30 bits per heavy atom. The van der Waals surface area contributed by atoms with Gasteiger partial charge >= 0.3 is 0 Å². The molecule has 3 rings (SSSR count). The Balaban J connectivity index is 1.57. The van der Waals surface area contributed by atoms with Crippen LogP contribution in [0.5, 0.6) is 0 Å². The molecule has 0 bridgehead atoms. The lowest BCUT2D eigenvalue weighted by Crippen LogP contribution is -2.41. The average Bonchev–Trinajstić information content (AvgIpc) is 2.97. The van der Waals surface area contributed by atoms with E-state index in [0.717, 1.165) is 49.6 Å². The first-order valence-electron chi connectivity index (χ1n) is 7.80. The van der Waals surface area contributed by atoms with Crippen molar-refractivity contribution in [3.8, 4) is 0 Å². The molecule has 2 aliphatic rings. The van der Waals surface area contributed by atoms with Crippen LogP contribution in [0, 0.1) is 5.92 Å². The van der Waals surface area contributed by atoms with E-state index in [-0.39, 0.29) is 0 Å². The summed E-state index contributed by atoms with van der Waals surface area (Å²) in [6.07, 6.45) is 6.32. The van der Waals surface area contributed by atoms with Crippen molar-refractivity contribution in [2.75, 3.05) is 13.1 Å². The molecule has 0 saturated heterocycles. The van der Waals surface area contributed by atoms with Gasteiger partial charge in [-0.1, -0.05) is 6.42 Å². The average molecular weight is 276 g/mol. The Labute approximate surface area is 120 Å². The summed E-state index contributed by atoms with van der Waals surface area (Å²) in [6, 6.07) is 0. The molecule has 1 fully saturated rings. The number of aryl methyl sites for hydroxylation is 1. The van der Waals surface area contributed by atoms with Crippen molar-refractivity contribution in [3.05, 3.63) is 11.6 Å². The molecule has 1 aromatic heterocycles. The Morgan fingerprint density at radius 2 is 2.20 bits per heavy atom. The molecule has 0 aromatic carbocycles. The first-order chi connectivity index (χ1) is 9.86. The van der Waals surface area contributed by atoms with Crippen LogP contribution in [-0.4, -0.2) is 33.8 Å². The van der Waals surface area contributed by atoms with Crippen molar-refractivity contribution >= 4 is 5.96 Å². The molecule has 0 radical (unpaired) electrons. The summed E-state index contributed by atoms with van der Waals surface area (Å²) in [6.45, 7) is 5.65. The van der Waals surface area contributed by atoms with E-state index in [4.69, 9.17) is 0 Å². The van der Waals surface area contributed by atoms with Gasteiger partial charge in [0.2, 0.25) is 0 Å². The predicted molar refractivity (Wildman–Crippen MR) is 78.5 cm³/mol. The van der Waals surface area contributed by atoms with E-state index in [9.17, 15) is 0 Å². The Morgan fingerprint density at radius 3 is 2.95 bits per heavy atom. The molecule has 2 N–H and O–H groups in total. The van der Waals surface area contributed by atoms with Crippen molar-refractivity contribution in [3.63, 3.8) is 0 Å². The lowest BCUT2D eigenvalue weighted by atomic mass is 9.85. The minimum absolute atomic E-state index is 0.604. The van der Waals surface area contributed by atoms with E-state index in [1.54, 1.807) is 0 Å². The monoisotopic (exact) mass is 276 g/mol. The number of aromatic nitrogens is 3. The summed E-state index contributed by atoms with van der Waals surface area (Å²) in [7, 11) is 0. The number of nitrogens with zero attached hydrogens (tertiary/aromatic N) is 4. The summed E-state index contributed by atoms with van der Waals surface area (Å²) in [5, 5.41) is 15.2. The Hall–Kier alpha value is -1.59. The van der Waals surface area contributed by atoms with Crippen LogP contribution in [-0.2, 0) is 19.5 Å². The highest BCUT2D eigenvalue weighted by atomic mass is 15.3. The number of aliphatic imine (C=N–C) groups is 1. The summed E-state index contributed by atoms with van der Waals surface area (Å²) >= 11 is 0. The van der Waals surface area contributed by atoms with E-state index in [2.05, 4.69) is 37.3 Å². The lowest BCUT2D eigenvalue weighted by molar-refractivity contribution is 0.314. The van der Waals surface area contributed by atoms with E-state index < -0.39 is 0 Å². The SMILES string of the molecule is CCNC(=NCc1nnc2n1CCC2)NCC1CCC1. The third-order valence-electron chi connectivity index (χ3n) is 4.19. The molecule has 0 unspecified atom stereocenters. The van der Waals surface area contributed by atoms with Gasteiger partial charge in [0.15, 0.2) is 11.8 Å². The number of hydrogen-bond acceptors (Lipinski definition) is 3. The summed E-state index contributed by atoms with van der Waals surface area (Å²) in [4.78, 5) is 4.63. The first kappa shape index (κ1) is 13.4. The molecule has 6 heteroatoms. The minimum Gasteiger partial charge on any atom is -0.357 e. The highest BCUT2D eigenvalue weighted by Crippen LogP contribution is 2.25. The molecule has 6 nitrogen and oxygen atoms in total. The molecular weight excluding hydrogens is 252 g/mol. The third-order valence-corrected chi connectivity index (χ3v) is 4.19.